The maximum Gasteiger partial charge on any atom is 0.379 e. The first-order chi connectivity index (χ1) is 10.5. The molecule has 0 unspecified atom stereocenters. The summed E-state index contributed by atoms with van der Waals surface area (Å²) in [4.78, 5) is 34.6. The largest absolute Gasteiger partial charge is 0.463 e. The highest BCUT2D eigenvalue weighted by Crippen LogP contribution is 2.25. The minimum Gasteiger partial charge on any atom is -0.463 e. The van der Waals surface area contributed by atoms with Crippen LogP contribution in [-0.2, 0) is 20.7 Å². The number of ether oxygens (including phenoxy) is 1. The third kappa shape index (κ3) is 3.47. The summed E-state index contributed by atoms with van der Waals surface area (Å²) in [6.07, 6.45) is 0.378. The zero-order chi connectivity index (χ0) is 16.1. The first kappa shape index (κ1) is 15.6. The number of methoxy groups -OCH3 is 1. The van der Waals surface area contributed by atoms with Gasteiger partial charge in [0.15, 0.2) is 0 Å². The molecule has 2 aromatic carbocycles. The Morgan fingerprint density at radius 3 is 2.18 bits per heavy atom. The van der Waals surface area contributed by atoms with Gasteiger partial charge in [-0.05, 0) is 23.6 Å². The molecule has 0 saturated carbocycles. The molecule has 0 atom stereocenters. The third-order valence-corrected chi connectivity index (χ3v) is 3.26. The summed E-state index contributed by atoms with van der Waals surface area (Å²) in [7, 11) is 1.18. The summed E-state index contributed by atoms with van der Waals surface area (Å²) in [5, 5.41) is 0. The number of ketones is 2. The van der Waals surface area contributed by atoms with Crippen LogP contribution in [0.4, 0.5) is 0 Å². The second kappa shape index (κ2) is 6.80. The van der Waals surface area contributed by atoms with Crippen molar-refractivity contribution >= 4 is 17.5 Å². The summed E-state index contributed by atoms with van der Waals surface area (Å²) in [6.45, 7) is 1.54. The van der Waals surface area contributed by atoms with Gasteiger partial charge in [0.2, 0.25) is 0 Å². The summed E-state index contributed by atoms with van der Waals surface area (Å²) >= 11 is 0. The highest BCUT2D eigenvalue weighted by Gasteiger charge is 2.20. The summed E-state index contributed by atoms with van der Waals surface area (Å²) in [5.74, 6) is -1.47. The molecule has 4 heteroatoms. The van der Waals surface area contributed by atoms with Gasteiger partial charge in [0, 0.05) is 12.0 Å². The van der Waals surface area contributed by atoms with Crippen LogP contribution in [0.25, 0.3) is 11.1 Å². The topological polar surface area (TPSA) is 60.4 Å². The Balaban J connectivity index is 2.39. The third-order valence-electron chi connectivity index (χ3n) is 3.26. The number of hydrogen-bond acceptors (Lipinski definition) is 4. The molecular weight excluding hydrogens is 280 g/mol. The first-order valence-corrected chi connectivity index (χ1v) is 6.83. The Bertz CT molecular complexity index is 714. The molecular formula is C18H16O4. The van der Waals surface area contributed by atoms with Crippen molar-refractivity contribution in [2.45, 2.75) is 13.3 Å². The zero-order valence-corrected chi connectivity index (χ0v) is 12.5. The highest BCUT2D eigenvalue weighted by molar-refractivity contribution is 6.41. The Morgan fingerprint density at radius 2 is 1.59 bits per heavy atom. The van der Waals surface area contributed by atoms with E-state index in [2.05, 4.69) is 4.74 Å². The quantitative estimate of drug-likeness (QED) is 0.483. The zero-order valence-electron chi connectivity index (χ0n) is 12.5. The van der Waals surface area contributed by atoms with Crippen LogP contribution in [-0.4, -0.2) is 24.6 Å². The van der Waals surface area contributed by atoms with Crippen LogP contribution in [0.15, 0.2) is 48.5 Å². The lowest BCUT2D eigenvalue weighted by Gasteiger charge is -2.08. The molecule has 0 fully saturated rings. The fourth-order valence-corrected chi connectivity index (χ4v) is 2.23. The van der Waals surface area contributed by atoms with E-state index in [1.54, 1.807) is 24.3 Å². The van der Waals surface area contributed by atoms with Crippen LogP contribution >= 0.6 is 0 Å². The Labute approximate surface area is 128 Å². The standard InChI is InChI=1S/C18H16O4/c1-12(19)11-13-7-9-14(10-8-13)15-5-3-4-6-16(15)17(20)18(21)22-2/h3-10H,11H2,1-2H3. The van der Waals surface area contributed by atoms with Crippen molar-refractivity contribution in [2.24, 2.45) is 0 Å². The molecule has 0 saturated heterocycles. The number of benzene rings is 2. The van der Waals surface area contributed by atoms with Gasteiger partial charge < -0.3 is 4.74 Å². The van der Waals surface area contributed by atoms with Crippen molar-refractivity contribution in [1.29, 1.82) is 0 Å². The van der Waals surface area contributed by atoms with Crippen molar-refractivity contribution in [3.8, 4) is 11.1 Å². The molecule has 2 aromatic rings. The van der Waals surface area contributed by atoms with Crippen LogP contribution in [0.3, 0.4) is 0 Å². The van der Waals surface area contributed by atoms with Crippen molar-refractivity contribution in [2.75, 3.05) is 7.11 Å². The number of carbonyl (C=O) groups is 3. The number of rotatable bonds is 5. The number of hydrogen-bond donors (Lipinski definition) is 0. The van der Waals surface area contributed by atoms with E-state index < -0.39 is 11.8 Å². The second-order valence-electron chi connectivity index (χ2n) is 4.94. The molecule has 0 heterocycles. The molecule has 0 amide bonds. The summed E-state index contributed by atoms with van der Waals surface area (Å²) < 4.78 is 4.49. The van der Waals surface area contributed by atoms with Gasteiger partial charge >= 0.3 is 5.97 Å². The van der Waals surface area contributed by atoms with Gasteiger partial charge in [0.05, 0.1) is 7.11 Å². The van der Waals surface area contributed by atoms with E-state index in [0.717, 1.165) is 11.1 Å². The predicted molar refractivity (Wildman–Crippen MR) is 82.6 cm³/mol. The molecule has 0 spiro atoms. The smallest absolute Gasteiger partial charge is 0.379 e. The minimum absolute atomic E-state index is 0.0917. The molecule has 0 N–H and O–H groups in total. The first-order valence-electron chi connectivity index (χ1n) is 6.83. The Hall–Kier alpha value is -2.75. The molecule has 0 aliphatic carbocycles. The number of carbonyl (C=O) groups excluding carboxylic acids is 3. The van der Waals surface area contributed by atoms with Crippen LogP contribution in [0.2, 0.25) is 0 Å². The molecule has 2 rings (SSSR count). The van der Waals surface area contributed by atoms with E-state index >= 15 is 0 Å². The van der Waals surface area contributed by atoms with Gasteiger partial charge in [-0.25, -0.2) is 4.79 Å². The normalized spacial score (nSPS) is 10.1. The Kier molecular flexibility index (Phi) is 4.84. The fourth-order valence-electron chi connectivity index (χ4n) is 2.23. The van der Waals surface area contributed by atoms with E-state index in [4.69, 9.17) is 0 Å². The molecule has 0 aliphatic rings. The predicted octanol–water partition coefficient (Wildman–Crippen LogP) is 2.84. The molecule has 4 nitrogen and oxygen atoms in total. The maximum atomic E-state index is 12.1. The second-order valence-corrected chi connectivity index (χ2v) is 4.94. The van der Waals surface area contributed by atoms with E-state index in [9.17, 15) is 14.4 Å². The lowest BCUT2D eigenvalue weighted by molar-refractivity contribution is -0.135. The van der Waals surface area contributed by atoms with E-state index in [1.807, 2.05) is 24.3 Å². The van der Waals surface area contributed by atoms with Crippen molar-refractivity contribution < 1.29 is 19.1 Å². The summed E-state index contributed by atoms with van der Waals surface area (Å²) in [6, 6.07) is 14.2. The van der Waals surface area contributed by atoms with Crippen molar-refractivity contribution in [3.63, 3.8) is 0 Å². The minimum atomic E-state index is -0.888. The number of Topliss-reactive ketones (excluding diaryl/α,β-unsaturated/α-hetero) is 2. The van der Waals surface area contributed by atoms with Crippen LogP contribution in [0, 0.1) is 0 Å². The molecule has 0 aromatic heterocycles. The van der Waals surface area contributed by atoms with E-state index in [-0.39, 0.29) is 5.78 Å². The van der Waals surface area contributed by atoms with E-state index in [0.29, 0.717) is 17.5 Å². The SMILES string of the molecule is COC(=O)C(=O)c1ccccc1-c1ccc(CC(C)=O)cc1. The molecule has 0 aliphatic heterocycles. The lowest BCUT2D eigenvalue weighted by atomic mass is 9.95. The van der Waals surface area contributed by atoms with Gasteiger partial charge in [-0.3, -0.25) is 9.59 Å². The molecule has 112 valence electrons. The van der Waals surface area contributed by atoms with Crippen molar-refractivity contribution in [3.05, 3.63) is 59.7 Å². The van der Waals surface area contributed by atoms with E-state index in [1.165, 1.54) is 14.0 Å². The summed E-state index contributed by atoms with van der Waals surface area (Å²) in [5.41, 5.74) is 2.68. The average molecular weight is 296 g/mol. The molecule has 0 bridgehead atoms. The van der Waals surface area contributed by atoms with Gasteiger partial charge in [0.25, 0.3) is 5.78 Å². The van der Waals surface area contributed by atoms with Gasteiger partial charge in [-0.15, -0.1) is 0 Å². The molecule has 0 radical (unpaired) electrons. The molecule has 22 heavy (non-hydrogen) atoms. The lowest BCUT2D eigenvalue weighted by Crippen LogP contribution is -2.16. The van der Waals surface area contributed by atoms with Crippen molar-refractivity contribution in [1.82, 2.24) is 0 Å². The highest BCUT2D eigenvalue weighted by atomic mass is 16.5. The van der Waals surface area contributed by atoms with Crippen LogP contribution < -0.4 is 0 Å². The van der Waals surface area contributed by atoms with Crippen LogP contribution in [0.5, 0.6) is 0 Å². The van der Waals surface area contributed by atoms with Crippen LogP contribution in [0.1, 0.15) is 22.8 Å². The fraction of sp³-hybridized carbons (Fsp3) is 0.167. The van der Waals surface area contributed by atoms with Gasteiger partial charge in [0.1, 0.15) is 5.78 Å². The Morgan fingerprint density at radius 1 is 0.955 bits per heavy atom. The van der Waals surface area contributed by atoms with Gasteiger partial charge in [-0.1, -0.05) is 48.5 Å². The monoisotopic (exact) mass is 296 g/mol. The maximum absolute atomic E-state index is 12.1. The average Bonchev–Trinajstić information content (AvgIpc) is 2.53. The van der Waals surface area contributed by atoms with Gasteiger partial charge in [-0.2, -0.15) is 0 Å². The number of esters is 1.